The van der Waals surface area contributed by atoms with Crippen molar-refractivity contribution in [1.29, 1.82) is 0 Å². The number of carbonyl (C=O) groups is 1. The number of amides is 1. The van der Waals surface area contributed by atoms with E-state index in [2.05, 4.69) is 79.9 Å². The van der Waals surface area contributed by atoms with E-state index >= 15 is 0 Å². The Balaban J connectivity index is 1.61. The van der Waals surface area contributed by atoms with E-state index in [0.717, 1.165) is 57.8 Å². The standard InChI is InChI=1S/C53H85NO18/c1-3-5-7-9-11-13-15-17-18-19-21-23-25-27-29-31-41(59)54-36(37(58)30-28-26-24-22-20-16-14-12-10-8-6-4-2)35-67-51-47(65)44(62)49(39(33-56)69-51)72-53-48(66)45(63)50(40(34-57)70-53)71-52-46(64)43(61)42(60)38(32-55)68-52/h5,7,10-13,17-18,20-23,27-30,36-40,42-53,55-58,60-66H,3-4,6,8-9,14-16,19,24-26,31-35H2,1-2H3,(H,54,59)/b7-5-,12-10+,13-11-,18-17-,22-20+,23-21-,29-27-,30-28+. The van der Waals surface area contributed by atoms with E-state index in [4.69, 9.17) is 28.4 Å². The van der Waals surface area contributed by atoms with Crippen LogP contribution in [0.2, 0.25) is 0 Å². The lowest BCUT2D eigenvalue weighted by Gasteiger charge is -2.48. The van der Waals surface area contributed by atoms with Gasteiger partial charge in [-0.25, -0.2) is 0 Å². The molecule has 17 atom stereocenters. The van der Waals surface area contributed by atoms with Crippen LogP contribution in [0.1, 0.15) is 97.3 Å². The molecular formula is C53H85NO18. The van der Waals surface area contributed by atoms with Crippen LogP contribution in [-0.4, -0.2) is 193 Å². The average molecular weight is 1020 g/mol. The van der Waals surface area contributed by atoms with E-state index in [9.17, 15) is 61.0 Å². The third kappa shape index (κ3) is 21.9. The Bertz CT molecular complexity index is 1700. The summed E-state index contributed by atoms with van der Waals surface area (Å²) in [5.74, 6) is -0.425. The van der Waals surface area contributed by atoms with E-state index in [1.807, 2.05) is 18.2 Å². The van der Waals surface area contributed by atoms with E-state index in [0.29, 0.717) is 12.8 Å². The molecule has 0 spiro atoms. The van der Waals surface area contributed by atoms with Gasteiger partial charge in [-0.05, 0) is 64.2 Å². The second-order valence-electron chi connectivity index (χ2n) is 17.9. The lowest BCUT2D eigenvalue weighted by atomic mass is 9.96. The van der Waals surface area contributed by atoms with Gasteiger partial charge in [0, 0.05) is 6.42 Å². The number of aliphatic hydroxyl groups is 11. The summed E-state index contributed by atoms with van der Waals surface area (Å²) >= 11 is 0. The quantitative estimate of drug-likeness (QED) is 0.0330. The third-order valence-electron chi connectivity index (χ3n) is 12.1. The first-order valence-corrected chi connectivity index (χ1v) is 25.5. The number of nitrogens with one attached hydrogen (secondary N) is 1. The van der Waals surface area contributed by atoms with Gasteiger partial charge in [0.1, 0.15) is 73.2 Å². The molecule has 0 aromatic carbocycles. The zero-order chi connectivity index (χ0) is 52.7. The van der Waals surface area contributed by atoms with Gasteiger partial charge in [-0.1, -0.05) is 124 Å². The van der Waals surface area contributed by atoms with Crippen LogP contribution in [0.4, 0.5) is 0 Å². The van der Waals surface area contributed by atoms with Crippen molar-refractivity contribution in [2.24, 2.45) is 0 Å². The predicted octanol–water partition coefficient (Wildman–Crippen LogP) is 1.86. The molecular weight excluding hydrogens is 939 g/mol. The third-order valence-corrected chi connectivity index (χ3v) is 12.1. The van der Waals surface area contributed by atoms with Crippen LogP contribution in [0.25, 0.3) is 0 Å². The molecule has 3 aliphatic heterocycles. The fraction of sp³-hybridized carbons (Fsp3) is 0.679. The van der Waals surface area contributed by atoms with E-state index in [-0.39, 0.29) is 6.42 Å². The van der Waals surface area contributed by atoms with Gasteiger partial charge >= 0.3 is 0 Å². The number of hydrogen-bond acceptors (Lipinski definition) is 18. The molecule has 0 saturated carbocycles. The van der Waals surface area contributed by atoms with Crippen LogP contribution in [0.3, 0.4) is 0 Å². The Morgan fingerprint density at radius 2 is 0.944 bits per heavy atom. The Hall–Kier alpha value is -3.29. The summed E-state index contributed by atoms with van der Waals surface area (Å²) in [5.41, 5.74) is 0. The van der Waals surface area contributed by atoms with Gasteiger partial charge in [0.2, 0.25) is 5.91 Å². The molecule has 410 valence electrons. The molecule has 0 aliphatic carbocycles. The van der Waals surface area contributed by atoms with Crippen molar-refractivity contribution in [1.82, 2.24) is 5.32 Å². The molecule has 0 bridgehead atoms. The van der Waals surface area contributed by atoms with Crippen molar-refractivity contribution < 1.29 is 89.4 Å². The molecule has 19 nitrogen and oxygen atoms in total. The maximum Gasteiger partial charge on any atom is 0.224 e. The van der Waals surface area contributed by atoms with Crippen molar-refractivity contribution in [3.63, 3.8) is 0 Å². The highest BCUT2D eigenvalue weighted by Gasteiger charge is 2.53. The second kappa shape index (κ2) is 36.6. The fourth-order valence-corrected chi connectivity index (χ4v) is 7.86. The molecule has 3 saturated heterocycles. The minimum Gasteiger partial charge on any atom is -0.394 e. The maximum absolute atomic E-state index is 13.2. The van der Waals surface area contributed by atoms with Gasteiger partial charge in [0.25, 0.3) is 0 Å². The van der Waals surface area contributed by atoms with E-state index in [1.165, 1.54) is 12.5 Å². The van der Waals surface area contributed by atoms with Gasteiger partial charge in [0.15, 0.2) is 18.9 Å². The van der Waals surface area contributed by atoms with Crippen molar-refractivity contribution in [3.8, 4) is 0 Å². The molecule has 17 unspecified atom stereocenters. The van der Waals surface area contributed by atoms with Gasteiger partial charge in [-0.2, -0.15) is 0 Å². The van der Waals surface area contributed by atoms with Crippen molar-refractivity contribution >= 4 is 5.91 Å². The summed E-state index contributed by atoms with van der Waals surface area (Å²) in [6.45, 7) is 1.39. The van der Waals surface area contributed by atoms with E-state index in [1.54, 1.807) is 12.2 Å². The summed E-state index contributed by atoms with van der Waals surface area (Å²) in [6, 6.07) is -1.05. The number of carbonyl (C=O) groups excluding carboxylic acids is 1. The predicted molar refractivity (Wildman–Crippen MR) is 267 cm³/mol. The fourth-order valence-electron chi connectivity index (χ4n) is 7.86. The Kier molecular flexibility index (Phi) is 32.0. The number of aliphatic hydroxyl groups excluding tert-OH is 11. The number of rotatable bonds is 33. The lowest BCUT2D eigenvalue weighted by Crippen LogP contribution is -2.66. The first kappa shape index (κ1) is 63.0. The van der Waals surface area contributed by atoms with E-state index < -0.39 is 137 Å². The summed E-state index contributed by atoms with van der Waals surface area (Å²) in [5, 5.41) is 119. The minimum absolute atomic E-state index is 0.00648. The molecule has 12 N–H and O–H groups in total. The molecule has 72 heavy (non-hydrogen) atoms. The molecule has 0 aromatic rings. The normalized spacial score (nSPS) is 32.8. The first-order valence-electron chi connectivity index (χ1n) is 25.5. The number of ether oxygens (including phenoxy) is 6. The number of allylic oxidation sites excluding steroid dienone is 14. The summed E-state index contributed by atoms with van der Waals surface area (Å²) in [6.07, 6.45) is 15.9. The van der Waals surface area contributed by atoms with Crippen LogP contribution in [0.15, 0.2) is 97.2 Å². The zero-order valence-electron chi connectivity index (χ0n) is 41.9. The van der Waals surface area contributed by atoms with Crippen LogP contribution in [0.5, 0.6) is 0 Å². The lowest BCUT2D eigenvalue weighted by molar-refractivity contribution is -0.379. The SMILES string of the molecule is CC/C=C\C/C=C\C/C=C\C/C=C\C/C=C\CC(=O)NC(COC1OC(CO)C(OC2OC(CO)C(OC3OC(CO)C(O)C(O)C3O)C(O)C2O)C(O)C1O)C(O)/C=C/CC/C=C/CC/C=C/CCCC. The van der Waals surface area contributed by atoms with Gasteiger partial charge in [0.05, 0.1) is 38.6 Å². The highest BCUT2D eigenvalue weighted by molar-refractivity contribution is 5.77. The largest absolute Gasteiger partial charge is 0.394 e. The second-order valence-corrected chi connectivity index (χ2v) is 17.9. The van der Waals surface area contributed by atoms with Crippen molar-refractivity contribution in [2.75, 3.05) is 26.4 Å². The minimum atomic E-state index is -1.99. The van der Waals surface area contributed by atoms with Crippen LogP contribution in [-0.2, 0) is 33.2 Å². The van der Waals surface area contributed by atoms with Crippen LogP contribution < -0.4 is 5.32 Å². The summed E-state index contributed by atoms with van der Waals surface area (Å²) in [7, 11) is 0. The van der Waals surface area contributed by atoms with Crippen molar-refractivity contribution in [2.45, 2.75) is 202 Å². The maximum atomic E-state index is 13.2. The summed E-state index contributed by atoms with van der Waals surface area (Å²) < 4.78 is 34.0. The molecule has 3 rings (SSSR count). The highest BCUT2D eigenvalue weighted by atomic mass is 16.8. The molecule has 3 aliphatic rings. The van der Waals surface area contributed by atoms with Crippen LogP contribution >= 0.6 is 0 Å². The van der Waals surface area contributed by atoms with Crippen molar-refractivity contribution in [3.05, 3.63) is 97.2 Å². The summed E-state index contributed by atoms with van der Waals surface area (Å²) in [4.78, 5) is 13.2. The van der Waals surface area contributed by atoms with Crippen LogP contribution in [0, 0.1) is 0 Å². The topological polar surface area (TPSA) is 307 Å². The van der Waals surface area contributed by atoms with Gasteiger partial charge < -0.3 is 89.9 Å². The molecule has 1 amide bonds. The monoisotopic (exact) mass is 1020 g/mol. The Morgan fingerprint density at radius 3 is 1.44 bits per heavy atom. The molecule has 0 aromatic heterocycles. The van der Waals surface area contributed by atoms with Gasteiger partial charge in [-0.15, -0.1) is 0 Å². The number of hydrogen-bond donors (Lipinski definition) is 12. The Morgan fingerprint density at radius 1 is 0.514 bits per heavy atom. The Labute approximate surface area is 424 Å². The molecule has 0 radical (unpaired) electrons. The average Bonchev–Trinajstić information content (AvgIpc) is 3.37. The highest BCUT2D eigenvalue weighted by Crippen LogP contribution is 2.33. The molecule has 19 heteroatoms. The smallest absolute Gasteiger partial charge is 0.224 e. The molecule has 3 fully saturated rings. The number of unbranched alkanes of at least 4 members (excludes halogenated alkanes) is 4. The van der Waals surface area contributed by atoms with Gasteiger partial charge in [-0.3, -0.25) is 4.79 Å². The molecule has 3 heterocycles. The first-order chi connectivity index (χ1) is 34.8. The zero-order valence-corrected chi connectivity index (χ0v) is 41.9.